The molecule has 1 aromatic rings. The quantitative estimate of drug-likeness (QED) is 0.837. The third-order valence-corrected chi connectivity index (χ3v) is 3.14. The first kappa shape index (κ1) is 16.0. The summed E-state index contributed by atoms with van der Waals surface area (Å²) in [4.78, 5) is 21.8. The molecular formula is C15H20O5. The molecule has 5 nitrogen and oxygen atoms in total. The van der Waals surface area contributed by atoms with Gasteiger partial charge in [-0.15, -0.1) is 0 Å². The zero-order valence-corrected chi connectivity index (χ0v) is 12.1. The number of carboxylic acid groups (broad SMARTS) is 2. The van der Waals surface area contributed by atoms with E-state index in [1.807, 2.05) is 13.8 Å². The Kier molecular flexibility index (Phi) is 4.76. The first-order valence-electron chi connectivity index (χ1n) is 6.38. The minimum Gasteiger partial charge on any atom is -0.481 e. The van der Waals surface area contributed by atoms with E-state index >= 15 is 0 Å². The molecule has 0 amide bonds. The van der Waals surface area contributed by atoms with Crippen LogP contribution >= 0.6 is 0 Å². The molecule has 0 saturated carbocycles. The van der Waals surface area contributed by atoms with Crippen LogP contribution in [0.4, 0.5) is 0 Å². The summed E-state index contributed by atoms with van der Waals surface area (Å²) >= 11 is 0. The highest BCUT2D eigenvalue weighted by atomic mass is 16.5. The second-order valence-electron chi connectivity index (χ2n) is 5.43. The molecule has 0 spiro atoms. The maximum absolute atomic E-state index is 11.0. The first-order valence-corrected chi connectivity index (χ1v) is 6.38. The van der Waals surface area contributed by atoms with Crippen LogP contribution in [0.1, 0.15) is 44.2 Å². The summed E-state index contributed by atoms with van der Waals surface area (Å²) in [5.41, 5.74) is 0.506. The average molecular weight is 280 g/mol. The number of carboxylic acids is 2. The van der Waals surface area contributed by atoms with Gasteiger partial charge in [-0.3, -0.25) is 4.79 Å². The molecule has 0 heterocycles. The predicted octanol–water partition coefficient (Wildman–Crippen LogP) is 2.82. The summed E-state index contributed by atoms with van der Waals surface area (Å²) in [7, 11) is 0. The number of hydrogen-bond donors (Lipinski definition) is 2. The summed E-state index contributed by atoms with van der Waals surface area (Å²) < 4.78 is 5.44. The fourth-order valence-corrected chi connectivity index (χ4v) is 1.97. The second-order valence-corrected chi connectivity index (χ2v) is 5.43. The number of aliphatic carboxylic acids is 2. The number of ether oxygens (including phenoxy) is 1. The van der Waals surface area contributed by atoms with Crippen LogP contribution in [-0.2, 0) is 9.59 Å². The fraction of sp³-hybridized carbons (Fsp3) is 0.467. The Morgan fingerprint density at radius 1 is 1.30 bits per heavy atom. The molecule has 1 rings (SSSR count). The Labute approximate surface area is 118 Å². The lowest BCUT2D eigenvalue weighted by atomic mass is 9.93. The Bertz CT molecular complexity index is 519. The van der Waals surface area contributed by atoms with Crippen LogP contribution < -0.4 is 4.74 Å². The third-order valence-electron chi connectivity index (χ3n) is 3.14. The topological polar surface area (TPSA) is 83.8 Å². The van der Waals surface area contributed by atoms with Crippen molar-refractivity contribution in [3.05, 3.63) is 29.3 Å². The van der Waals surface area contributed by atoms with E-state index in [-0.39, 0.29) is 12.3 Å². The highest BCUT2D eigenvalue weighted by molar-refractivity contribution is 5.76. The number of rotatable bonds is 6. The van der Waals surface area contributed by atoms with Crippen molar-refractivity contribution in [1.82, 2.24) is 0 Å². The summed E-state index contributed by atoms with van der Waals surface area (Å²) in [6.45, 7) is 6.66. The molecule has 0 radical (unpaired) electrons. The Morgan fingerprint density at radius 2 is 1.90 bits per heavy atom. The summed E-state index contributed by atoms with van der Waals surface area (Å²) in [5, 5.41) is 17.8. The largest absolute Gasteiger partial charge is 0.481 e. The van der Waals surface area contributed by atoms with Crippen molar-refractivity contribution < 1.29 is 24.5 Å². The number of benzene rings is 1. The molecule has 0 bridgehead atoms. The maximum Gasteiger partial charge on any atom is 0.347 e. The summed E-state index contributed by atoms with van der Waals surface area (Å²) in [5.74, 6) is -1.53. The van der Waals surface area contributed by atoms with Crippen LogP contribution in [0.3, 0.4) is 0 Å². The van der Waals surface area contributed by atoms with Crippen LogP contribution in [0.15, 0.2) is 18.2 Å². The molecule has 0 saturated heterocycles. The Balaban J connectivity index is 2.93. The smallest absolute Gasteiger partial charge is 0.347 e. The molecule has 0 fully saturated rings. The molecule has 0 aliphatic carbocycles. The van der Waals surface area contributed by atoms with Crippen LogP contribution in [0.5, 0.6) is 5.75 Å². The van der Waals surface area contributed by atoms with E-state index in [1.54, 1.807) is 18.2 Å². The lowest BCUT2D eigenvalue weighted by molar-refractivity contribution is -0.152. The highest BCUT2D eigenvalue weighted by Gasteiger charge is 2.29. The van der Waals surface area contributed by atoms with Gasteiger partial charge in [0, 0.05) is 0 Å². The number of aryl methyl sites for hydroxylation is 1. The lowest BCUT2D eigenvalue weighted by Gasteiger charge is -2.22. The van der Waals surface area contributed by atoms with Gasteiger partial charge in [0.15, 0.2) is 5.60 Å². The van der Waals surface area contributed by atoms with E-state index in [9.17, 15) is 9.59 Å². The lowest BCUT2D eigenvalue weighted by Crippen LogP contribution is -2.37. The van der Waals surface area contributed by atoms with E-state index in [1.165, 1.54) is 13.8 Å². The van der Waals surface area contributed by atoms with Gasteiger partial charge in [-0.2, -0.15) is 0 Å². The summed E-state index contributed by atoms with van der Waals surface area (Å²) in [6, 6.07) is 5.19. The van der Waals surface area contributed by atoms with Gasteiger partial charge in [0.2, 0.25) is 0 Å². The van der Waals surface area contributed by atoms with Gasteiger partial charge in [0.05, 0.1) is 6.42 Å². The predicted molar refractivity (Wildman–Crippen MR) is 74.2 cm³/mol. The Hall–Kier alpha value is -2.04. The minimum absolute atomic E-state index is 0.0572. The molecule has 0 aliphatic heterocycles. The van der Waals surface area contributed by atoms with Crippen LogP contribution in [0.2, 0.25) is 0 Å². The van der Waals surface area contributed by atoms with Gasteiger partial charge < -0.3 is 14.9 Å². The fourth-order valence-electron chi connectivity index (χ4n) is 1.97. The zero-order valence-electron chi connectivity index (χ0n) is 12.1. The molecule has 1 aromatic carbocycles. The monoisotopic (exact) mass is 280 g/mol. The van der Waals surface area contributed by atoms with Crippen molar-refractivity contribution >= 4 is 11.9 Å². The molecule has 2 N–H and O–H groups in total. The highest BCUT2D eigenvalue weighted by Crippen LogP contribution is 2.27. The van der Waals surface area contributed by atoms with Crippen molar-refractivity contribution in [2.24, 2.45) is 0 Å². The molecule has 0 aliphatic rings. The molecule has 0 aromatic heterocycles. The van der Waals surface area contributed by atoms with Crippen molar-refractivity contribution in [2.45, 2.75) is 45.6 Å². The molecule has 110 valence electrons. The SMILES string of the molecule is Cc1cc(OC(C)(C)C(=O)O)ccc1C(C)CC(=O)O. The van der Waals surface area contributed by atoms with Crippen LogP contribution in [0.25, 0.3) is 0 Å². The minimum atomic E-state index is -1.30. The van der Waals surface area contributed by atoms with Gasteiger partial charge in [0.25, 0.3) is 0 Å². The first-order chi connectivity index (χ1) is 9.13. The normalized spacial score (nSPS) is 12.8. The number of hydrogen-bond acceptors (Lipinski definition) is 3. The standard InChI is InChI=1S/C15H20O5/c1-9-7-11(20-15(3,4)14(18)19)5-6-12(9)10(2)8-13(16)17/h5-7,10H,8H2,1-4H3,(H,16,17)(H,18,19). The molecular weight excluding hydrogens is 260 g/mol. The maximum atomic E-state index is 11.0. The van der Waals surface area contributed by atoms with Crippen molar-refractivity contribution in [1.29, 1.82) is 0 Å². The van der Waals surface area contributed by atoms with Gasteiger partial charge in [-0.1, -0.05) is 13.0 Å². The number of carbonyl (C=O) groups is 2. The molecule has 1 unspecified atom stereocenters. The molecule has 1 atom stereocenters. The van der Waals surface area contributed by atoms with E-state index in [4.69, 9.17) is 14.9 Å². The van der Waals surface area contributed by atoms with Crippen molar-refractivity contribution in [3.63, 3.8) is 0 Å². The van der Waals surface area contributed by atoms with Crippen LogP contribution in [-0.4, -0.2) is 27.8 Å². The van der Waals surface area contributed by atoms with Crippen molar-refractivity contribution in [2.75, 3.05) is 0 Å². The van der Waals surface area contributed by atoms with Gasteiger partial charge in [-0.05, 0) is 49.9 Å². The van der Waals surface area contributed by atoms with E-state index in [0.717, 1.165) is 11.1 Å². The third kappa shape index (κ3) is 3.98. The van der Waals surface area contributed by atoms with Gasteiger partial charge >= 0.3 is 11.9 Å². The average Bonchev–Trinajstić information content (AvgIpc) is 2.26. The zero-order chi connectivity index (χ0) is 15.5. The molecule has 20 heavy (non-hydrogen) atoms. The van der Waals surface area contributed by atoms with Gasteiger partial charge in [-0.25, -0.2) is 4.79 Å². The van der Waals surface area contributed by atoms with Gasteiger partial charge in [0.1, 0.15) is 5.75 Å². The summed E-state index contributed by atoms with van der Waals surface area (Å²) in [6.07, 6.45) is 0.0572. The molecule has 5 heteroatoms. The second kappa shape index (κ2) is 5.94. The van der Waals surface area contributed by atoms with Crippen molar-refractivity contribution in [3.8, 4) is 5.75 Å². The Morgan fingerprint density at radius 3 is 2.35 bits per heavy atom. The van der Waals surface area contributed by atoms with E-state index in [2.05, 4.69) is 0 Å². The van der Waals surface area contributed by atoms with E-state index < -0.39 is 17.5 Å². The van der Waals surface area contributed by atoms with Crippen LogP contribution in [0, 0.1) is 6.92 Å². The van der Waals surface area contributed by atoms with E-state index in [0.29, 0.717) is 5.75 Å².